The molecule has 24 heavy (non-hydrogen) atoms. The quantitative estimate of drug-likeness (QED) is 0.893. The van der Waals surface area contributed by atoms with Crippen molar-refractivity contribution < 1.29 is 14.0 Å². The number of rotatable bonds is 3. The summed E-state index contributed by atoms with van der Waals surface area (Å²) in [4.78, 5) is 26.0. The van der Waals surface area contributed by atoms with Gasteiger partial charge in [-0.2, -0.15) is 0 Å². The van der Waals surface area contributed by atoms with E-state index in [-0.39, 0.29) is 16.6 Å². The van der Waals surface area contributed by atoms with Gasteiger partial charge in [-0.3, -0.25) is 4.79 Å². The molecule has 1 aliphatic rings. The van der Waals surface area contributed by atoms with E-state index in [4.69, 9.17) is 11.6 Å². The van der Waals surface area contributed by atoms with Gasteiger partial charge in [0.25, 0.3) is 0 Å². The third-order valence-corrected chi connectivity index (χ3v) is 3.99. The molecule has 0 unspecified atom stereocenters. The van der Waals surface area contributed by atoms with Crippen molar-refractivity contribution in [3.63, 3.8) is 0 Å². The predicted octanol–water partition coefficient (Wildman–Crippen LogP) is 3.41. The molecule has 124 valence electrons. The highest BCUT2D eigenvalue weighted by molar-refractivity contribution is 6.30. The Morgan fingerprint density at radius 3 is 2.67 bits per heavy atom. The first-order chi connectivity index (χ1) is 11.5. The number of halogens is 2. The summed E-state index contributed by atoms with van der Waals surface area (Å²) < 4.78 is 13.7. The van der Waals surface area contributed by atoms with E-state index >= 15 is 0 Å². The smallest absolute Gasteiger partial charge is 0.319 e. The molecule has 0 bridgehead atoms. The molecule has 2 aromatic carbocycles. The number of nitrogens with one attached hydrogen (secondary N) is 2. The van der Waals surface area contributed by atoms with Crippen LogP contribution in [0.5, 0.6) is 0 Å². The molecule has 1 saturated heterocycles. The van der Waals surface area contributed by atoms with Gasteiger partial charge < -0.3 is 15.5 Å². The van der Waals surface area contributed by atoms with E-state index in [1.54, 1.807) is 4.90 Å². The summed E-state index contributed by atoms with van der Waals surface area (Å²) in [5.74, 6) is -0.825. The van der Waals surface area contributed by atoms with E-state index < -0.39 is 17.9 Å². The van der Waals surface area contributed by atoms with Crippen LogP contribution < -0.4 is 15.5 Å². The maximum absolute atomic E-state index is 13.7. The van der Waals surface area contributed by atoms with E-state index in [0.717, 1.165) is 11.8 Å². The van der Waals surface area contributed by atoms with Crippen LogP contribution in [0.1, 0.15) is 6.42 Å². The van der Waals surface area contributed by atoms with Crippen molar-refractivity contribution >= 4 is 34.9 Å². The fourth-order valence-electron chi connectivity index (χ4n) is 2.59. The van der Waals surface area contributed by atoms with Gasteiger partial charge in [0.1, 0.15) is 11.9 Å². The molecule has 1 fully saturated rings. The van der Waals surface area contributed by atoms with Crippen molar-refractivity contribution in [1.29, 1.82) is 0 Å². The van der Waals surface area contributed by atoms with Crippen molar-refractivity contribution in [2.45, 2.75) is 12.5 Å². The molecule has 2 aromatic rings. The Morgan fingerprint density at radius 2 is 1.96 bits per heavy atom. The number of carbonyl (C=O) groups is 2. The van der Waals surface area contributed by atoms with Crippen LogP contribution in [0.2, 0.25) is 5.02 Å². The monoisotopic (exact) mass is 347 g/mol. The predicted molar refractivity (Wildman–Crippen MR) is 90.8 cm³/mol. The zero-order valence-corrected chi connectivity index (χ0v) is 13.4. The molecular formula is C17H15ClFN3O2. The lowest BCUT2D eigenvalue weighted by atomic mass is 10.2. The number of para-hydroxylation sites is 1. The Bertz CT molecular complexity index is 770. The Morgan fingerprint density at radius 1 is 1.21 bits per heavy atom. The molecular weight excluding hydrogens is 333 g/mol. The minimum absolute atomic E-state index is 0.00209. The number of amides is 3. The molecule has 2 N–H and O–H groups in total. The van der Waals surface area contributed by atoms with E-state index in [1.165, 1.54) is 12.1 Å². The average molecular weight is 348 g/mol. The zero-order valence-electron chi connectivity index (χ0n) is 12.6. The summed E-state index contributed by atoms with van der Waals surface area (Å²) in [6, 6.07) is 11.9. The van der Waals surface area contributed by atoms with Gasteiger partial charge in [0.05, 0.1) is 5.69 Å². The second-order valence-corrected chi connectivity index (χ2v) is 5.83. The fraction of sp³-hybridized carbons (Fsp3) is 0.176. The molecule has 1 aliphatic heterocycles. The molecule has 3 amide bonds. The Hall–Kier alpha value is -2.60. The standard InChI is InChI=1S/C17H15ClFN3O2/c18-11-6-7-14(13(19)10-11)20-17(24)21-15-8-9-22(16(15)23)12-4-2-1-3-5-12/h1-7,10,15H,8-9H2,(H2,20,21,24)/t15-/m0/s1. The molecule has 0 spiro atoms. The van der Waals surface area contributed by atoms with Gasteiger partial charge >= 0.3 is 6.03 Å². The van der Waals surface area contributed by atoms with E-state index in [9.17, 15) is 14.0 Å². The topological polar surface area (TPSA) is 61.4 Å². The molecule has 0 saturated carbocycles. The highest BCUT2D eigenvalue weighted by Crippen LogP contribution is 2.22. The minimum Gasteiger partial charge on any atom is -0.326 e. The lowest BCUT2D eigenvalue weighted by Crippen LogP contribution is -2.43. The van der Waals surface area contributed by atoms with E-state index in [1.807, 2.05) is 30.3 Å². The fourth-order valence-corrected chi connectivity index (χ4v) is 2.74. The molecule has 0 aromatic heterocycles. The number of hydrogen-bond acceptors (Lipinski definition) is 2. The maximum Gasteiger partial charge on any atom is 0.319 e. The van der Waals surface area contributed by atoms with Crippen LogP contribution in [-0.4, -0.2) is 24.5 Å². The van der Waals surface area contributed by atoms with Crippen LogP contribution in [0, 0.1) is 5.82 Å². The van der Waals surface area contributed by atoms with Gasteiger partial charge in [0, 0.05) is 17.3 Å². The summed E-state index contributed by atoms with van der Waals surface area (Å²) in [5, 5.41) is 5.20. The van der Waals surface area contributed by atoms with E-state index in [2.05, 4.69) is 10.6 Å². The largest absolute Gasteiger partial charge is 0.326 e. The zero-order chi connectivity index (χ0) is 17.1. The number of hydrogen-bond donors (Lipinski definition) is 2. The number of nitrogens with zero attached hydrogens (tertiary/aromatic N) is 1. The van der Waals surface area contributed by atoms with Crippen molar-refractivity contribution in [2.75, 3.05) is 16.8 Å². The molecule has 0 radical (unpaired) electrons. The van der Waals surface area contributed by atoms with Gasteiger partial charge in [-0.25, -0.2) is 9.18 Å². The van der Waals surface area contributed by atoms with Crippen molar-refractivity contribution in [3.05, 3.63) is 59.4 Å². The van der Waals surface area contributed by atoms with E-state index in [0.29, 0.717) is 13.0 Å². The maximum atomic E-state index is 13.7. The third kappa shape index (κ3) is 3.49. The average Bonchev–Trinajstić information content (AvgIpc) is 2.92. The number of anilines is 2. The molecule has 1 heterocycles. The first-order valence-electron chi connectivity index (χ1n) is 7.43. The normalized spacial score (nSPS) is 17.0. The van der Waals surface area contributed by atoms with Gasteiger partial charge in [-0.15, -0.1) is 0 Å². The highest BCUT2D eigenvalue weighted by atomic mass is 35.5. The number of urea groups is 1. The van der Waals surface area contributed by atoms with Crippen LogP contribution in [0.15, 0.2) is 48.5 Å². The van der Waals surface area contributed by atoms with Gasteiger partial charge in [0.15, 0.2) is 0 Å². The molecule has 5 nitrogen and oxygen atoms in total. The summed E-state index contributed by atoms with van der Waals surface area (Å²) in [6.07, 6.45) is 0.490. The molecule has 3 rings (SSSR count). The van der Waals surface area contributed by atoms with Crippen LogP contribution in [0.3, 0.4) is 0 Å². The summed E-state index contributed by atoms with van der Waals surface area (Å²) in [5.41, 5.74) is 0.790. The van der Waals surface area contributed by atoms with Crippen molar-refractivity contribution in [1.82, 2.24) is 5.32 Å². The second kappa shape index (κ2) is 6.88. The van der Waals surface area contributed by atoms with Gasteiger partial charge in [0.2, 0.25) is 5.91 Å². The summed E-state index contributed by atoms with van der Waals surface area (Å²) >= 11 is 5.67. The SMILES string of the molecule is O=C(Nc1ccc(Cl)cc1F)N[C@H]1CCN(c2ccccc2)C1=O. The van der Waals surface area contributed by atoms with Crippen LogP contribution >= 0.6 is 11.6 Å². The van der Waals surface area contributed by atoms with Gasteiger partial charge in [-0.1, -0.05) is 29.8 Å². The van der Waals surface area contributed by atoms with Crippen molar-refractivity contribution in [3.8, 4) is 0 Å². The Balaban J connectivity index is 1.62. The Kier molecular flexibility index (Phi) is 4.66. The number of benzene rings is 2. The molecule has 7 heteroatoms. The van der Waals surface area contributed by atoms with Crippen LogP contribution in [0.25, 0.3) is 0 Å². The Labute approximate surface area is 143 Å². The second-order valence-electron chi connectivity index (χ2n) is 5.39. The first kappa shape index (κ1) is 16.3. The lowest BCUT2D eigenvalue weighted by molar-refractivity contribution is -0.118. The first-order valence-corrected chi connectivity index (χ1v) is 7.81. The highest BCUT2D eigenvalue weighted by Gasteiger charge is 2.33. The summed E-state index contributed by atoms with van der Waals surface area (Å²) in [7, 11) is 0. The van der Waals surface area contributed by atoms with Crippen LogP contribution in [0.4, 0.5) is 20.6 Å². The van der Waals surface area contributed by atoms with Crippen LogP contribution in [-0.2, 0) is 4.79 Å². The summed E-state index contributed by atoms with van der Waals surface area (Å²) in [6.45, 7) is 0.517. The van der Waals surface area contributed by atoms with Crippen molar-refractivity contribution in [2.24, 2.45) is 0 Å². The van der Waals surface area contributed by atoms with Gasteiger partial charge in [-0.05, 0) is 36.8 Å². The molecule has 1 atom stereocenters. The third-order valence-electron chi connectivity index (χ3n) is 3.76. The molecule has 0 aliphatic carbocycles. The lowest BCUT2D eigenvalue weighted by Gasteiger charge is -2.17. The number of carbonyl (C=O) groups excluding carboxylic acids is 2. The minimum atomic E-state index is -0.638.